The van der Waals surface area contributed by atoms with E-state index >= 15 is 0 Å². The Kier molecular flexibility index (Phi) is 4.94. The summed E-state index contributed by atoms with van der Waals surface area (Å²) < 4.78 is 5.29. The average Bonchev–Trinajstić information content (AvgIpc) is 3.08. The molecule has 114 valence electrons. The van der Waals surface area contributed by atoms with Crippen LogP contribution in [0.4, 0.5) is 0 Å². The highest BCUT2D eigenvalue weighted by molar-refractivity contribution is 7.17. The lowest BCUT2D eigenvalue weighted by atomic mass is 10.2. The molecule has 1 aliphatic rings. The minimum Gasteiger partial charge on any atom is -0.365 e. The zero-order valence-electron chi connectivity index (χ0n) is 11.4. The zero-order chi connectivity index (χ0) is 14.1. The first kappa shape index (κ1) is 15.9. The normalized spacial score (nSPS) is 19.2. The molecule has 1 amide bonds. The van der Waals surface area contributed by atoms with E-state index in [0.717, 1.165) is 24.5 Å². The number of likely N-dealkylation sites (N-methyl/N-ethyl adjacent to an activating group) is 1. The van der Waals surface area contributed by atoms with E-state index in [-0.39, 0.29) is 18.4 Å². The summed E-state index contributed by atoms with van der Waals surface area (Å²) in [6.07, 6.45) is 0. The van der Waals surface area contributed by atoms with Crippen molar-refractivity contribution in [2.75, 3.05) is 26.7 Å². The standard InChI is InChI=1S/C12H15N5O2S.ClH/c1-17-5-4-14-6-7(17)11-15-12(19-16-11)9-3-2-8(20-9)10(13)18;/h2-3,7,14H,4-6H2,1H3,(H2,13,18);1H. The first-order chi connectivity index (χ1) is 9.65. The van der Waals surface area contributed by atoms with Crippen LogP contribution >= 0.6 is 23.7 Å². The Bertz CT molecular complexity index is 629. The van der Waals surface area contributed by atoms with Gasteiger partial charge in [0.25, 0.3) is 11.8 Å². The number of carbonyl (C=O) groups excluding carboxylic acids is 1. The van der Waals surface area contributed by atoms with Crippen LogP contribution in [0, 0.1) is 0 Å². The second-order valence-corrected chi connectivity index (χ2v) is 5.77. The first-order valence-electron chi connectivity index (χ1n) is 6.29. The molecule has 0 saturated carbocycles. The molecule has 0 radical (unpaired) electrons. The Morgan fingerprint density at radius 1 is 1.57 bits per heavy atom. The van der Waals surface area contributed by atoms with Crippen molar-refractivity contribution in [2.45, 2.75) is 6.04 Å². The number of hydrogen-bond donors (Lipinski definition) is 2. The second-order valence-electron chi connectivity index (χ2n) is 4.69. The molecule has 0 aliphatic carbocycles. The smallest absolute Gasteiger partial charge is 0.268 e. The first-order valence-corrected chi connectivity index (χ1v) is 7.11. The number of nitrogens with one attached hydrogen (secondary N) is 1. The van der Waals surface area contributed by atoms with Gasteiger partial charge in [-0.2, -0.15) is 4.98 Å². The number of amides is 1. The SMILES string of the molecule is CN1CCNCC1c1noc(-c2ccc(C(N)=O)s2)n1.Cl. The third-order valence-corrected chi connectivity index (χ3v) is 4.40. The van der Waals surface area contributed by atoms with Crippen molar-refractivity contribution >= 4 is 29.7 Å². The van der Waals surface area contributed by atoms with Gasteiger partial charge in [-0.25, -0.2) is 0 Å². The molecule has 1 saturated heterocycles. The lowest BCUT2D eigenvalue weighted by Gasteiger charge is -2.30. The third kappa shape index (κ3) is 3.24. The molecule has 1 atom stereocenters. The highest BCUT2D eigenvalue weighted by Crippen LogP contribution is 2.28. The molecule has 3 heterocycles. The lowest BCUT2D eigenvalue weighted by molar-refractivity contribution is 0.100. The lowest BCUT2D eigenvalue weighted by Crippen LogP contribution is -2.44. The molecule has 1 aliphatic heterocycles. The number of aromatic nitrogens is 2. The Morgan fingerprint density at radius 2 is 2.38 bits per heavy atom. The van der Waals surface area contributed by atoms with Crippen LogP contribution in [0.1, 0.15) is 21.5 Å². The Labute approximate surface area is 131 Å². The van der Waals surface area contributed by atoms with E-state index in [4.69, 9.17) is 10.3 Å². The van der Waals surface area contributed by atoms with E-state index < -0.39 is 5.91 Å². The maximum absolute atomic E-state index is 11.1. The van der Waals surface area contributed by atoms with Crippen molar-refractivity contribution in [3.05, 3.63) is 22.8 Å². The van der Waals surface area contributed by atoms with Crippen LogP contribution in [0.3, 0.4) is 0 Å². The van der Waals surface area contributed by atoms with Crippen LogP contribution < -0.4 is 11.1 Å². The molecule has 1 unspecified atom stereocenters. The molecule has 1 fully saturated rings. The van der Waals surface area contributed by atoms with Gasteiger partial charge < -0.3 is 15.6 Å². The molecule has 0 bridgehead atoms. The van der Waals surface area contributed by atoms with Crippen LogP contribution in [0.5, 0.6) is 0 Å². The average molecular weight is 330 g/mol. The fourth-order valence-corrected chi connectivity index (χ4v) is 2.93. The molecule has 0 aromatic carbocycles. The number of halogens is 1. The minimum absolute atomic E-state index is 0. The molecule has 3 rings (SSSR count). The van der Waals surface area contributed by atoms with Gasteiger partial charge in [-0.1, -0.05) is 5.16 Å². The van der Waals surface area contributed by atoms with E-state index in [9.17, 15) is 4.79 Å². The van der Waals surface area contributed by atoms with Gasteiger partial charge in [0.05, 0.1) is 15.8 Å². The Morgan fingerprint density at radius 3 is 3.05 bits per heavy atom. The molecule has 21 heavy (non-hydrogen) atoms. The fourth-order valence-electron chi connectivity index (χ4n) is 2.15. The van der Waals surface area contributed by atoms with Gasteiger partial charge in [0.1, 0.15) is 0 Å². The largest absolute Gasteiger partial charge is 0.365 e. The molecule has 2 aromatic heterocycles. The molecule has 9 heteroatoms. The van der Waals surface area contributed by atoms with Crippen molar-refractivity contribution in [2.24, 2.45) is 5.73 Å². The number of primary amides is 1. The number of nitrogens with two attached hydrogens (primary N) is 1. The van der Waals surface area contributed by atoms with Gasteiger partial charge in [-0.15, -0.1) is 23.7 Å². The summed E-state index contributed by atoms with van der Waals surface area (Å²) in [5, 5.41) is 7.35. The number of carbonyl (C=O) groups is 1. The number of thiophene rings is 1. The van der Waals surface area contributed by atoms with Gasteiger partial charge in [0, 0.05) is 19.6 Å². The maximum atomic E-state index is 11.1. The summed E-state index contributed by atoms with van der Waals surface area (Å²) in [4.78, 5) is 18.9. The van der Waals surface area contributed by atoms with Crippen LogP contribution in [-0.4, -0.2) is 47.6 Å². The van der Waals surface area contributed by atoms with E-state index in [1.807, 2.05) is 7.05 Å². The summed E-state index contributed by atoms with van der Waals surface area (Å²) >= 11 is 1.25. The Hall–Kier alpha value is -1.48. The molecule has 7 nitrogen and oxygen atoms in total. The fraction of sp³-hybridized carbons (Fsp3) is 0.417. The quantitative estimate of drug-likeness (QED) is 0.868. The highest BCUT2D eigenvalue weighted by atomic mass is 35.5. The van der Waals surface area contributed by atoms with Crippen molar-refractivity contribution in [3.63, 3.8) is 0 Å². The van der Waals surface area contributed by atoms with E-state index in [0.29, 0.717) is 16.6 Å². The van der Waals surface area contributed by atoms with Gasteiger partial charge in [-0.05, 0) is 19.2 Å². The summed E-state index contributed by atoms with van der Waals surface area (Å²) in [5.74, 6) is 0.636. The molecule has 0 spiro atoms. The van der Waals surface area contributed by atoms with Gasteiger partial charge in [0.15, 0.2) is 5.82 Å². The van der Waals surface area contributed by atoms with Crippen molar-refractivity contribution in [1.82, 2.24) is 20.4 Å². The van der Waals surface area contributed by atoms with Gasteiger partial charge >= 0.3 is 0 Å². The monoisotopic (exact) mass is 329 g/mol. The Balaban J connectivity index is 0.00000161. The summed E-state index contributed by atoms with van der Waals surface area (Å²) in [7, 11) is 2.04. The molecule has 2 aromatic rings. The minimum atomic E-state index is -0.447. The predicted octanol–water partition coefficient (Wildman–Crippen LogP) is 0.895. The number of rotatable bonds is 3. The molecular weight excluding hydrogens is 314 g/mol. The maximum Gasteiger partial charge on any atom is 0.268 e. The van der Waals surface area contributed by atoms with Crippen LogP contribution in [0.25, 0.3) is 10.8 Å². The van der Waals surface area contributed by atoms with Crippen molar-refractivity contribution < 1.29 is 9.32 Å². The van der Waals surface area contributed by atoms with Gasteiger partial charge in [-0.3, -0.25) is 9.69 Å². The van der Waals surface area contributed by atoms with Crippen LogP contribution in [0.2, 0.25) is 0 Å². The van der Waals surface area contributed by atoms with Crippen LogP contribution in [-0.2, 0) is 0 Å². The summed E-state index contributed by atoms with van der Waals surface area (Å²) in [6, 6.07) is 3.54. The summed E-state index contributed by atoms with van der Waals surface area (Å²) in [6.45, 7) is 2.70. The number of piperazine rings is 1. The van der Waals surface area contributed by atoms with Crippen LogP contribution in [0.15, 0.2) is 16.7 Å². The molecular formula is C12H16ClN5O2S. The summed E-state index contributed by atoms with van der Waals surface area (Å²) in [5.41, 5.74) is 5.24. The van der Waals surface area contributed by atoms with E-state index in [1.165, 1.54) is 11.3 Å². The van der Waals surface area contributed by atoms with E-state index in [2.05, 4.69) is 20.4 Å². The highest BCUT2D eigenvalue weighted by Gasteiger charge is 2.25. The predicted molar refractivity (Wildman–Crippen MR) is 81.6 cm³/mol. The second kappa shape index (κ2) is 6.52. The van der Waals surface area contributed by atoms with E-state index in [1.54, 1.807) is 12.1 Å². The molecule has 3 N–H and O–H groups in total. The third-order valence-electron chi connectivity index (χ3n) is 3.31. The van der Waals surface area contributed by atoms with Gasteiger partial charge in [0.2, 0.25) is 0 Å². The zero-order valence-corrected chi connectivity index (χ0v) is 13.0. The topological polar surface area (TPSA) is 97.3 Å². The van der Waals surface area contributed by atoms with Crippen molar-refractivity contribution in [3.8, 4) is 10.8 Å². The number of hydrogen-bond acceptors (Lipinski definition) is 7. The van der Waals surface area contributed by atoms with Crippen molar-refractivity contribution in [1.29, 1.82) is 0 Å². The number of nitrogens with zero attached hydrogens (tertiary/aromatic N) is 3.